The molecule has 0 aliphatic heterocycles. The number of nitrogens with two attached hydrogens (primary N) is 1. The van der Waals surface area contributed by atoms with E-state index in [0.717, 1.165) is 0 Å². The Morgan fingerprint density at radius 2 is 0.774 bits per heavy atom. The molecule has 0 spiro atoms. The van der Waals surface area contributed by atoms with E-state index in [9.17, 15) is 33.9 Å². The van der Waals surface area contributed by atoms with E-state index >= 15 is 0 Å². The molecule has 0 unspecified atom stereocenters. The standard InChI is InChI=1S/C40H76N6O7/c1-19(2)17-31(44-35(47)23(9)29(15)42-38(50)27(13)33(41)21(5)6)25(11)37(49)46-34(22(7)8)28(14)39(51)43-30(16)24(10)36(48)45-32(18-20(3)4)26(12)40(52)53/h19-34H,17-18,41H2,1-16H3,(H,42,50)(H,43,51)(H,44,47)(H,45,48)(H,46,49)(H,52,53)/t23-,24-,25-,26-,27-,28-,29-,30-,31-,32-,33-,34-/m0/s1. The van der Waals surface area contributed by atoms with E-state index in [1.165, 1.54) is 0 Å². The Morgan fingerprint density at radius 3 is 1.11 bits per heavy atom. The van der Waals surface area contributed by atoms with Crippen molar-refractivity contribution in [3.63, 3.8) is 0 Å². The van der Waals surface area contributed by atoms with Crippen LogP contribution in [-0.4, -0.2) is 76.9 Å². The molecule has 13 nitrogen and oxygen atoms in total. The van der Waals surface area contributed by atoms with E-state index in [0.29, 0.717) is 12.8 Å². The van der Waals surface area contributed by atoms with Crippen LogP contribution in [0.1, 0.15) is 124 Å². The van der Waals surface area contributed by atoms with Crippen molar-refractivity contribution in [3.05, 3.63) is 0 Å². The topological polar surface area (TPSA) is 209 Å². The summed E-state index contributed by atoms with van der Waals surface area (Å²) in [6, 6.07) is -2.94. The Kier molecular flexibility index (Phi) is 21.5. The van der Waals surface area contributed by atoms with Crippen molar-refractivity contribution in [3.8, 4) is 0 Å². The van der Waals surface area contributed by atoms with Gasteiger partial charge in [-0.1, -0.05) is 90.0 Å². The minimum absolute atomic E-state index is 0.119. The highest BCUT2D eigenvalue weighted by molar-refractivity contribution is 5.86. The SMILES string of the molecule is CC(C)C[C@H](NC(=O)[C@@H](C)[C@H](C)NC(=O)[C@@H](C)[C@@H](NC(=O)[C@@H](C)[C@H](CC(C)C)NC(=O)[C@@H](C)[C@H](C)NC(=O)[C@@H](C)[C@@H](N)C(C)C)C(C)C)[C@H](C)C(=O)O. The molecular formula is C40H76N6O7. The Balaban J connectivity index is 5.71. The second-order valence-electron chi connectivity index (χ2n) is 17.3. The van der Waals surface area contributed by atoms with Crippen LogP contribution in [0.25, 0.3) is 0 Å². The van der Waals surface area contributed by atoms with Gasteiger partial charge in [-0.2, -0.15) is 0 Å². The van der Waals surface area contributed by atoms with Crippen molar-refractivity contribution >= 4 is 35.5 Å². The fourth-order valence-corrected chi connectivity index (χ4v) is 6.27. The Hall–Kier alpha value is -3.22. The number of hydrogen-bond acceptors (Lipinski definition) is 7. The summed E-state index contributed by atoms with van der Waals surface area (Å²) >= 11 is 0. The Labute approximate surface area is 320 Å². The lowest BCUT2D eigenvalue weighted by molar-refractivity contribution is -0.143. The molecule has 308 valence electrons. The molecule has 53 heavy (non-hydrogen) atoms. The number of nitrogens with one attached hydrogen (secondary N) is 5. The molecular weight excluding hydrogens is 676 g/mol. The van der Waals surface area contributed by atoms with Gasteiger partial charge >= 0.3 is 5.97 Å². The molecule has 0 heterocycles. The molecule has 0 aromatic carbocycles. The smallest absolute Gasteiger partial charge is 0.308 e. The van der Waals surface area contributed by atoms with Gasteiger partial charge in [0.1, 0.15) is 0 Å². The highest BCUT2D eigenvalue weighted by atomic mass is 16.4. The lowest BCUT2D eigenvalue weighted by Gasteiger charge is -2.33. The van der Waals surface area contributed by atoms with E-state index < -0.39 is 71.7 Å². The first-order valence-corrected chi connectivity index (χ1v) is 19.7. The number of carboxylic acid groups (broad SMARTS) is 1. The number of carboxylic acids is 1. The number of carbonyl (C=O) groups is 6. The van der Waals surface area contributed by atoms with Gasteiger partial charge in [-0.25, -0.2) is 0 Å². The van der Waals surface area contributed by atoms with Crippen LogP contribution in [0.3, 0.4) is 0 Å². The summed E-state index contributed by atoms with van der Waals surface area (Å²) in [5, 5.41) is 24.4. The zero-order chi connectivity index (χ0) is 41.7. The van der Waals surface area contributed by atoms with Crippen LogP contribution in [0.15, 0.2) is 0 Å². The lowest BCUT2D eigenvalue weighted by atomic mass is 9.87. The van der Waals surface area contributed by atoms with E-state index in [1.807, 2.05) is 55.4 Å². The molecule has 5 amide bonds. The third-order valence-electron chi connectivity index (χ3n) is 10.9. The van der Waals surface area contributed by atoms with Crippen LogP contribution in [0.2, 0.25) is 0 Å². The summed E-state index contributed by atoms with van der Waals surface area (Å²) in [4.78, 5) is 78.5. The van der Waals surface area contributed by atoms with Crippen LogP contribution < -0.4 is 32.3 Å². The monoisotopic (exact) mass is 753 g/mol. The van der Waals surface area contributed by atoms with Gasteiger partial charge in [-0.3, -0.25) is 28.8 Å². The predicted molar refractivity (Wildman–Crippen MR) is 210 cm³/mol. The van der Waals surface area contributed by atoms with Gasteiger partial charge < -0.3 is 37.4 Å². The van der Waals surface area contributed by atoms with Crippen LogP contribution in [0, 0.1) is 59.2 Å². The first-order valence-electron chi connectivity index (χ1n) is 19.7. The molecule has 13 heteroatoms. The van der Waals surface area contributed by atoms with Crippen LogP contribution in [-0.2, 0) is 28.8 Å². The van der Waals surface area contributed by atoms with Gasteiger partial charge in [0.2, 0.25) is 29.5 Å². The predicted octanol–water partition coefficient (Wildman–Crippen LogP) is 4.08. The van der Waals surface area contributed by atoms with Crippen molar-refractivity contribution in [1.29, 1.82) is 0 Å². The summed E-state index contributed by atoms with van der Waals surface area (Å²) in [6.45, 7) is 29.5. The van der Waals surface area contributed by atoms with Gasteiger partial charge in [0.05, 0.1) is 35.5 Å². The molecule has 12 atom stereocenters. The van der Waals surface area contributed by atoms with Crippen molar-refractivity contribution in [2.24, 2.45) is 64.9 Å². The van der Waals surface area contributed by atoms with E-state index in [1.54, 1.807) is 55.4 Å². The van der Waals surface area contributed by atoms with Crippen LogP contribution in [0.4, 0.5) is 0 Å². The molecule has 0 aromatic heterocycles. The minimum Gasteiger partial charge on any atom is -0.481 e. The van der Waals surface area contributed by atoms with E-state index in [2.05, 4.69) is 26.6 Å². The Bertz CT molecular complexity index is 1210. The van der Waals surface area contributed by atoms with Gasteiger partial charge in [-0.05, 0) is 57.3 Å². The minimum atomic E-state index is -0.990. The molecule has 8 N–H and O–H groups in total. The highest BCUT2D eigenvalue weighted by Gasteiger charge is 2.36. The van der Waals surface area contributed by atoms with Crippen molar-refractivity contribution in [2.75, 3.05) is 0 Å². The average molecular weight is 753 g/mol. The third-order valence-corrected chi connectivity index (χ3v) is 10.9. The summed E-state index contributed by atoms with van der Waals surface area (Å²) in [7, 11) is 0. The summed E-state index contributed by atoms with van der Waals surface area (Å²) in [5.74, 6) is -5.81. The van der Waals surface area contributed by atoms with Gasteiger partial charge in [0.25, 0.3) is 0 Å². The normalized spacial score (nSPS) is 18.7. The van der Waals surface area contributed by atoms with Crippen LogP contribution in [0.5, 0.6) is 0 Å². The maximum absolute atomic E-state index is 13.8. The van der Waals surface area contributed by atoms with E-state index in [-0.39, 0.29) is 59.2 Å². The highest BCUT2D eigenvalue weighted by Crippen LogP contribution is 2.20. The summed E-state index contributed by atoms with van der Waals surface area (Å²) in [6.07, 6.45) is 1.04. The number of hydrogen-bond donors (Lipinski definition) is 7. The van der Waals surface area contributed by atoms with Crippen molar-refractivity contribution in [1.82, 2.24) is 26.6 Å². The van der Waals surface area contributed by atoms with Gasteiger partial charge in [0, 0.05) is 36.3 Å². The Morgan fingerprint density at radius 1 is 0.434 bits per heavy atom. The number of rotatable bonds is 23. The number of amides is 5. The third kappa shape index (κ3) is 16.4. The molecule has 0 radical (unpaired) electrons. The van der Waals surface area contributed by atoms with E-state index in [4.69, 9.17) is 5.73 Å². The maximum Gasteiger partial charge on any atom is 0.308 e. The first-order chi connectivity index (χ1) is 24.2. The van der Waals surface area contributed by atoms with Gasteiger partial charge in [-0.15, -0.1) is 0 Å². The second kappa shape index (κ2) is 22.9. The molecule has 0 aliphatic carbocycles. The van der Waals surface area contributed by atoms with Crippen molar-refractivity contribution < 1.29 is 33.9 Å². The largest absolute Gasteiger partial charge is 0.481 e. The van der Waals surface area contributed by atoms with Crippen LogP contribution >= 0.6 is 0 Å². The zero-order valence-electron chi connectivity index (χ0n) is 35.6. The maximum atomic E-state index is 13.8. The molecule has 0 saturated carbocycles. The van der Waals surface area contributed by atoms with Gasteiger partial charge in [0.15, 0.2) is 0 Å². The fourth-order valence-electron chi connectivity index (χ4n) is 6.27. The lowest BCUT2D eigenvalue weighted by Crippen LogP contribution is -2.55. The molecule has 0 bridgehead atoms. The zero-order valence-corrected chi connectivity index (χ0v) is 35.6. The number of aliphatic carboxylic acids is 1. The first kappa shape index (κ1) is 49.8. The second-order valence-corrected chi connectivity index (χ2v) is 17.3. The molecule has 0 rings (SSSR count). The summed E-state index contributed by atoms with van der Waals surface area (Å²) < 4.78 is 0. The summed E-state index contributed by atoms with van der Waals surface area (Å²) in [5.41, 5.74) is 6.19. The number of carbonyl (C=O) groups excluding carboxylic acids is 5. The average Bonchev–Trinajstić information content (AvgIpc) is 3.06. The molecule has 0 aliphatic rings. The molecule has 0 aromatic rings. The molecule has 0 fully saturated rings. The van der Waals surface area contributed by atoms with Crippen molar-refractivity contribution in [2.45, 2.75) is 160 Å². The fraction of sp³-hybridized carbons (Fsp3) is 0.850. The quantitative estimate of drug-likeness (QED) is 0.0807. The molecule has 0 saturated heterocycles.